The molecule has 0 radical (unpaired) electrons. The summed E-state index contributed by atoms with van der Waals surface area (Å²) in [4.78, 5) is 19.0. The van der Waals surface area contributed by atoms with Gasteiger partial charge in [0.15, 0.2) is 11.5 Å². The van der Waals surface area contributed by atoms with Crippen LogP contribution in [0.2, 0.25) is 0 Å². The molecule has 2 aromatic heterocycles. The van der Waals surface area contributed by atoms with Crippen LogP contribution in [0.5, 0.6) is 11.5 Å². The van der Waals surface area contributed by atoms with Crippen molar-refractivity contribution in [1.29, 1.82) is 0 Å². The first kappa shape index (κ1) is 17.3. The number of carbonyl (C=O) groups excluding carboxylic acids is 1. The predicted molar refractivity (Wildman–Crippen MR) is 109 cm³/mol. The number of nitrogens with zero attached hydrogens (tertiary/aromatic N) is 1. The standard InChI is InChI=1S/C21H18N2O3S/c1-11-4-6-15-13(8-11)9-14-18(22)20(27-21(14)23-15)19(24)12-5-7-16(25-2)17(10-12)26-3/h4-10H,22H2,1-3H3. The highest BCUT2D eigenvalue weighted by Crippen LogP contribution is 2.37. The van der Waals surface area contributed by atoms with Gasteiger partial charge in [0.25, 0.3) is 0 Å². The van der Waals surface area contributed by atoms with E-state index in [0.717, 1.165) is 26.7 Å². The number of benzene rings is 2. The summed E-state index contributed by atoms with van der Waals surface area (Å²) in [5.74, 6) is 0.917. The van der Waals surface area contributed by atoms with Crippen LogP contribution < -0.4 is 15.2 Å². The Morgan fingerprint density at radius 1 is 1.04 bits per heavy atom. The van der Waals surface area contributed by atoms with E-state index in [2.05, 4.69) is 11.1 Å². The molecule has 2 heterocycles. The van der Waals surface area contributed by atoms with E-state index in [9.17, 15) is 4.79 Å². The second-order valence-electron chi connectivity index (χ2n) is 6.28. The maximum absolute atomic E-state index is 13.1. The molecule has 0 aliphatic heterocycles. The molecule has 0 unspecified atom stereocenters. The van der Waals surface area contributed by atoms with Gasteiger partial charge in [-0.1, -0.05) is 11.6 Å². The van der Waals surface area contributed by atoms with Gasteiger partial charge in [0.1, 0.15) is 9.71 Å². The lowest BCUT2D eigenvalue weighted by Gasteiger charge is -2.08. The van der Waals surface area contributed by atoms with E-state index in [1.165, 1.54) is 18.4 Å². The second kappa shape index (κ2) is 6.55. The molecule has 0 saturated carbocycles. The first-order valence-electron chi connectivity index (χ1n) is 8.38. The van der Waals surface area contributed by atoms with Gasteiger partial charge in [-0.3, -0.25) is 4.79 Å². The van der Waals surface area contributed by atoms with Crippen LogP contribution in [0.3, 0.4) is 0 Å². The lowest BCUT2D eigenvalue weighted by Crippen LogP contribution is -2.03. The molecule has 0 saturated heterocycles. The van der Waals surface area contributed by atoms with Gasteiger partial charge in [0, 0.05) is 16.3 Å². The summed E-state index contributed by atoms with van der Waals surface area (Å²) >= 11 is 1.31. The molecule has 0 spiro atoms. The maximum Gasteiger partial charge on any atom is 0.205 e. The summed E-state index contributed by atoms with van der Waals surface area (Å²) in [5.41, 5.74) is 9.32. The molecule has 2 aromatic carbocycles. The summed E-state index contributed by atoms with van der Waals surface area (Å²) in [6.07, 6.45) is 0. The lowest BCUT2D eigenvalue weighted by molar-refractivity contribution is 0.104. The number of carbonyl (C=O) groups is 1. The van der Waals surface area contributed by atoms with E-state index < -0.39 is 0 Å². The Morgan fingerprint density at radius 2 is 1.81 bits per heavy atom. The molecule has 2 N–H and O–H groups in total. The SMILES string of the molecule is COc1ccc(C(=O)c2sc3nc4ccc(C)cc4cc3c2N)cc1OC. The van der Waals surface area contributed by atoms with Gasteiger partial charge >= 0.3 is 0 Å². The summed E-state index contributed by atoms with van der Waals surface area (Å²) in [5, 5.41) is 1.82. The van der Waals surface area contributed by atoms with E-state index in [1.54, 1.807) is 25.3 Å². The molecule has 4 aromatic rings. The number of nitrogen functional groups attached to an aromatic ring is 1. The third kappa shape index (κ3) is 2.88. The van der Waals surface area contributed by atoms with Crippen LogP contribution in [0, 0.1) is 6.92 Å². The van der Waals surface area contributed by atoms with E-state index in [-0.39, 0.29) is 5.78 Å². The highest BCUT2D eigenvalue weighted by molar-refractivity contribution is 7.21. The highest BCUT2D eigenvalue weighted by atomic mass is 32.1. The van der Waals surface area contributed by atoms with Crippen LogP contribution in [-0.2, 0) is 0 Å². The number of hydrogen-bond donors (Lipinski definition) is 1. The molecular formula is C21H18N2O3S. The number of ketones is 1. The number of anilines is 1. The Balaban J connectivity index is 1.84. The summed E-state index contributed by atoms with van der Waals surface area (Å²) in [7, 11) is 3.10. The number of nitrogens with two attached hydrogens (primary N) is 1. The van der Waals surface area contributed by atoms with Crippen LogP contribution in [0.4, 0.5) is 5.69 Å². The fourth-order valence-electron chi connectivity index (χ4n) is 3.10. The molecule has 0 aliphatic rings. The van der Waals surface area contributed by atoms with Crippen molar-refractivity contribution in [1.82, 2.24) is 4.98 Å². The second-order valence-corrected chi connectivity index (χ2v) is 7.28. The Bertz CT molecular complexity index is 1200. The average molecular weight is 378 g/mol. The quantitative estimate of drug-likeness (QED) is 0.526. The zero-order valence-electron chi connectivity index (χ0n) is 15.2. The highest BCUT2D eigenvalue weighted by Gasteiger charge is 2.20. The van der Waals surface area contributed by atoms with Crippen LogP contribution in [0.15, 0.2) is 42.5 Å². The van der Waals surface area contributed by atoms with Crippen LogP contribution in [0.1, 0.15) is 20.8 Å². The van der Waals surface area contributed by atoms with Crippen molar-refractivity contribution < 1.29 is 14.3 Å². The Morgan fingerprint density at radius 3 is 2.56 bits per heavy atom. The van der Waals surface area contributed by atoms with Crippen molar-refractivity contribution in [3.8, 4) is 11.5 Å². The summed E-state index contributed by atoms with van der Waals surface area (Å²) in [6.45, 7) is 2.03. The number of aromatic nitrogens is 1. The van der Waals surface area contributed by atoms with Gasteiger partial charge < -0.3 is 15.2 Å². The molecule has 5 nitrogen and oxygen atoms in total. The molecule has 0 bridgehead atoms. The van der Waals surface area contributed by atoms with Crippen LogP contribution in [0.25, 0.3) is 21.1 Å². The van der Waals surface area contributed by atoms with Gasteiger partial charge in [-0.2, -0.15) is 0 Å². The average Bonchev–Trinajstić information content (AvgIpc) is 3.00. The zero-order chi connectivity index (χ0) is 19.1. The molecule has 6 heteroatoms. The molecule has 4 rings (SSSR count). The van der Waals surface area contributed by atoms with Crippen molar-refractivity contribution in [2.45, 2.75) is 6.92 Å². The van der Waals surface area contributed by atoms with Gasteiger partial charge in [-0.05, 0) is 43.3 Å². The lowest BCUT2D eigenvalue weighted by atomic mass is 10.1. The molecule has 0 amide bonds. The normalized spacial score (nSPS) is 11.1. The predicted octanol–water partition coefficient (Wildman–Crippen LogP) is 4.59. The fraction of sp³-hybridized carbons (Fsp3) is 0.143. The van der Waals surface area contributed by atoms with E-state index in [1.807, 2.05) is 25.1 Å². The number of ether oxygens (including phenoxy) is 2. The Labute approximate surface area is 160 Å². The number of hydrogen-bond acceptors (Lipinski definition) is 6. The fourth-order valence-corrected chi connectivity index (χ4v) is 4.15. The monoisotopic (exact) mass is 378 g/mol. The Kier molecular flexibility index (Phi) is 4.20. The van der Waals surface area contributed by atoms with Crippen LogP contribution >= 0.6 is 11.3 Å². The molecule has 0 atom stereocenters. The number of pyridine rings is 1. The molecule has 0 aliphatic carbocycles. The number of thiophene rings is 1. The van der Waals surface area contributed by atoms with Crippen molar-refractivity contribution >= 4 is 43.9 Å². The summed E-state index contributed by atoms with van der Waals surface area (Å²) < 4.78 is 10.5. The van der Waals surface area contributed by atoms with Crippen molar-refractivity contribution in [3.63, 3.8) is 0 Å². The van der Waals surface area contributed by atoms with Gasteiger partial charge in [0.05, 0.1) is 25.4 Å². The topological polar surface area (TPSA) is 74.4 Å². The van der Waals surface area contributed by atoms with Crippen molar-refractivity contribution in [2.24, 2.45) is 0 Å². The minimum Gasteiger partial charge on any atom is -0.493 e. The van der Waals surface area contributed by atoms with E-state index in [0.29, 0.717) is 27.6 Å². The minimum atomic E-state index is -0.156. The first-order chi connectivity index (χ1) is 13.0. The number of methoxy groups -OCH3 is 2. The summed E-state index contributed by atoms with van der Waals surface area (Å²) in [6, 6.07) is 13.2. The van der Waals surface area contributed by atoms with Gasteiger partial charge in [0.2, 0.25) is 5.78 Å². The third-order valence-corrected chi connectivity index (χ3v) is 5.63. The first-order valence-corrected chi connectivity index (χ1v) is 9.19. The molecular weight excluding hydrogens is 360 g/mol. The minimum absolute atomic E-state index is 0.156. The van der Waals surface area contributed by atoms with Crippen molar-refractivity contribution in [2.75, 3.05) is 20.0 Å². The molecule has 27 heavy (non-hydrogen) atoms. The number of fused-ring (bicyclic) bond motifs is 2. The van der Waals surface area contributed by atoms with Crippen LogP contribution in [-0.4, -0.2) is 25.0 Å². The number of rotatable bonds is 4. The van der Waals surface area contributed by atoms with E-state index in [4.69, 9.17) is 15.2 Å². The Hall–Kier alpha value is -3.12. The number of aryl methyl sites for hydroxylation is 1. The van der Waals surface area contributed by atoms with E-state index >= 15 is 0 Å². The smallest absolute Gasteiger partial charge is 0.205 e. The third-order valence-electron chi connectivity index (χ3n) is 4.52. The maximum atomic E-state index is 13.1. The largest absolute Gasteiger partial charge is 0.493 e. The van der Waals surface area contributed by atoms with Gasteiger partial charge in [-0.15, -0.1) is 11.3 Å². The van der Waals surface area contributed by atoms with Crippen molar-refractivity contribution in [3.05, 3.63) is 58.5 Å². The van der Waals surface area contributed by atoms with Gasteiger partial charge in [-0.25, -0.2) is 4.98 Å². The molecule has 136 valence electrons. The molecule has 0 fully saturated rings. The zero-order valence-corrected chi connectivity index (χ0v) is 16.0.